The minimum atomic E-state index is -0.785. The zero-order valence-electron chi connectivity index (χ0n) is 20.9. The van der Waals surface area contributed by atoms with E-state index >= 15 is 0 Å². The van der Waals surface area contributed by atoms with Crippen molar-refractivity contribution in [1.82, 2.24) is 5.06 Å². The molecule has 2 aromatic carbocycles. The number of ketones is 1. The summed E-state index contributed by atoms with van der Waals surface area (Å²) in [7, 11) is 0. The van der Waals surface area contributed by atoms with Gasteiger partial charge in [0.2, 0.25) is 0 Å². The van der Waals surface area contributed by atoms with Gasteiger partial charge < -0.3 is 4.84 Å². The molecule has 0 N–H and O–H groups in total. The van der Waals surface area contributed by atoms with E-state index in [0.29, 0.717) is 12.0 Å². The maximum atomic E-state index is 13.5. The Balaban J connectivity index is 0.00000578. The van der Waals surface area contributed by atoms with Crippen molar-refractivity contribution in [1.29, 1.82) is 0 Å². The topological polar surface area (TPSA) is 46.6 Å². The van der Waals surface area contributed by atoms with Crippen molar-refractivity contribution in [3.05, 3.63) is 60.7 Å². The molecule has 0 amide bonds. The quantitative estimate of drug-likeness (QED) is 0.0728. The predicted octanol–water partition coefficient (Wildman–Crippen LogP) is 6.87. The Hall–Kier alpha value is -1.86. The number of fused-ring (bicyclic) bond motifs is 1. The van der Waals surface area contributed by atoms with Gasteiger partial charge in [-0.05, 0) is 63.8 Å². The molecule has 0 heterocycles. The Morgan fingerprint density at radius 3 is 2.09 bits per heavy atom. The summed E-state index contributed by atoms with van der Waals surface area (Å²) in [6, 6.07) is 13.7. The molecule has 182 valence electrons. The summed E-state index contributed by atoms with van der Waals surface area (Å²) < 4.78 is 0. The van der Waals surface area contributed by atoms with Crippen LogP contribution in [0.5, 0.6) is 0 Å². The van der Waals surface area contributed by atoms with Crippen molar-refractivity contribution >= 4 is 41.4 Å². The molecule has 0 radical (unpaired) electrons. The number of carbonyl (C=O) groups excluding carboxylic acids is 2. The molecule has 0 aliphatic heterocycles. The molecule has 0 aliphatic rings. The van der Waals surface area contributed by atoms with Crippen LogP contribution in [-0.4, -0.2) is 47.8 Å². The average molecular weight is 460 g/mol. The number of hydrogen-bond acceptors (Lipinski definition) is 4. The first-order chi connectivity index (χ1) is 15.8. The maximum absolute atomic E-state index is 13.5. The standard InChI is InChI=1S/C29H41NO3.Li.H/c1-6-7-8-9-10-11-12-13-18-27(29(32)33-30(22(2)3)23(4)5)28(31)26-20-19-24-16-14-15-17-25(24)21-26;;/h6,14-17,19-23,27H,1,7-13,18H2,2-5H3;;. The Morgan fingerprint density at radius 1 is 0.882 bits per heavy atom. The Kier molecular flexibility index (Phi) is 14.1. The van der Waals surface area contributed by atoms with E-state index in [1.807, 2.05) is 76.2 Å². The first kappa shape index (κ1) is 30.2. The van der Waals surface area contributed by atoms with Crippen LogP contribution < -0.4 is 0 Å². The molecule has 4 nitrogen and oxygen atoms in total. The van der Waals surface area contributed by atoms with Crippen LogP contribution in [0.1, 0.15) is 89.4 Å². The number of nitrogens with zero attached hydrogens (tertiary/aromatic N) is 1. The number of allylic oxidation sites excluding steroid dienone is 1. The van der Waals surface area contributed by atoms with Gasteiger partial charge in [-0.25, -0.2) is 4.79 Å². The van der Waals surface area contributed by atoms with Crippen molar-refractivity contribution in [2.75, 3.05) is 0 Å². The average Bonchev–Trinajstić information content (AvgIpc) is 2.80. The summed E-state index contributed by atoms with van der Waals surface area (Å²) in [6.45, 7) is 11.7. The van der Waals surface area contributed by atoms with Crippen LogP contribution in [0.4, 0.5) is 0 Å². The van der Waals surface area contributed by atoms with Crippen molar-refractivity contribution < 1.29 is 14.4 Å². The van der Waals surface area contributed by atoms with Gasteiger partial charge in [0.05, 0.1) is 0 Å². The van der Waals surface area contributed by atoms with Gasteiger partial charge in [-0.2, -0.15) is 0 Å². The summed E-state index contributed by atoms with van der Waals surface area (Å²) in [5.74, 6) is -1.38. The zero-order valence-corrected chi connectivity index (χ0v) is 20.9. The summed E-state index contributed by atoms with van der Waals surface area (Å²) in [4.78, 5) is 32.4. The molecule has 2 rings (SSSR count). The van der Waals surface area contributed by atoms with Crippen LogP contribution in [-0.2, 0) is 9.63 Å². The summed E-state index contributed by atoms with van der Waals surface area (Å²) in [5.41, 5.74) is 0.570. The molecule has 0 saturated heterocycles. The van der Waals surface area contributed by atoms with E-state index in [-0.39, 0.29) is 36.7 Å². The molecule has 5 heteroatoms. The van der Waals surface area contributed by atoms with Crippen molar-refractivity contribution in [3.8, 4) is 0 Å². The van der Waals surface area contributed by atoms with Gasteiger partial charge in [0.1, 0.15) is 5.92 Å². The fraction of sp³-hybridized carbons (Fsp3) is 0.517. The van der Waals surface area contributed by atoms with Crippen molar-refractivity contribution in [2.45, 2.75) is 91.1 Å². The van der Waals surface area contributed by atoms with E-state index in [1.165, 1.54) is 19.3 Å². The molecule has 0 spiro atoms. The van der Waals surface area contributed by atoms with Crippen LogP contribution >= 0.6 is 0 Å². The molecule has 34 heavy (non-hydrogen) atoms. The van der Waals surface area contributed by atoms with E-state index < -0.39 is 11.9 Å². The molecule has 0 saturated carbocycles. The van der Waals surface area contributed by atoms with Crippen LogP contribution in [0.25, 0.3) is 10.8 Å². The summed E-state index contributed by atoms with van der Waals surface area (Å²) in [5, 5.41) is 3.76. The van der Waals surface area contributed by atoms with Gasteiger partial charge >= 0.3 is 24.8 Å². The van der Waals surface area contributed by atoms with Gasteiger partial charge in [0.15, 0.2) is 5.78 Å². The van der Waals surface area contributed by atoms with Crippen molar-refractivity contribution in [3.63, 3.8) is 0 Å². The molecule has 2 aromatic rings. The first-order valence-electron chi connectivity index (χ1n) is 12.5. The van der Waals surface area contributed by atoms with E-state index in [2.05, 4.69) is 6.58 Å². The molecular weight excluding hydrogens is 417 g/mol. The second-order valence-corrected chi connectivity index (χ2v) is 9.42. The second kappa shape index (κ2) is 15.9. The molecule has 0 aromatic heterocycles. The Labute approximate surface area is 218 Å². The molecule has 0 aliphatic carbocycles. The predicted molar refractivity (Wildman–Crippen MR) is 144 cm³/mol. The first-order valence-corrected chi connectivity index (χ1v) is 12.5. The Morgan fingerprint density at radius 2 is 1.47 bits per heavy atom. The monoisotopic (exact) mass is 459 g/mol. The van der Waals surface area contributed by atoms with E-state index in [9.17, 15) is 9.59 Å². The Bertz CT molecular complexity index is 901. The van der Waals surface area contributed by atoms with E-state index in [1.54, 1.807) is 5.06 Å². The second-order valence-electron chi connectivity index (χ2n) is 9.42. The van der Waals surface area contributed by atoms with Gasteiger partial charge in [-0.3, -0.25) is 4.79 Å². The fourth-order valence-corrected chi connectivity index (χ4v) is 4.22. The van der Waals surface area contributed by atoms with Crippen LogP contribution in [0.3, 0.4) is 0 Å². The van der Waals surface area contributed by atoms with E-state index in [0.717, 1.165) is 36.5 Å². The van der Waals surface area contributed by atoms with Crippen LogP contribution in [0, 0.1) is 5.92 Å². The fourth-order valence-electron chi connectivity index (χ4n) is 4.22. The number of hydroxylamine groups is 2. The number of Topliss-reactive ketones (excluding diaryl/α,β-unsaturated/α-hetero) is 1. The normalized spacial score (nSPS) is 12.1. The zero-order chi connectivity index (χ0) is 24.2. The molecular formula is C29H42LiNO3. The van der Waals surface area contributed by atoms with Crippen molar-refractivity contribution in [2.24, 2.45) is 5.92 Å². The third-order valence-corrected chi connectivity index (χ3v) is 6.00. The third-order valence-electron chi connectivity index (χ3n) is 6.00. The molecule has 1 unspecified atom stereocenters. The van der Waals surface area contributed by atoms with Crippen LogP contribution in [0.15, 0.2) is 55.1 Å². The number of benzene rings is 2. The summed E-state index contributed by atoms with van der Waals surface area (Å²) >= 11 is 0. The third kappa shape index (κ3) is 9.41. The van der Waals surface area contributed by atoms with Gasteiger partial charge in [-0.1, -0.05) is 74.6 Å². The number of rotatable bonds is 15. The van der Waals surface area contributed by atoms with E-state index in [4.69, 9.17) is 4.84 Å². The van der Waals surface area contributed by atoms with Crippen LogP contribution in [0.2, 0.25) is 0 Å². The molecule has 1 atom stereocenters. The molecule has 0 bridgehead atoms. The SMILES string of the molecule is C=CCCCCCCCCC(C(=O)ON(C(C)C)C(C)C)C(=O)c1ccc2ccccc2c1.[LiH]. The summed E-state index contributed by atoms with van der Waals surface area (Å²) in [6.07, 6.45) is 10.1. The molecule has 0 fully saturated rings. The minimum absolute atomic E-state index is 0. The number of hydrogen-bond donors (Lipinski definition) is 0. The number of unbranched alkanes of at least 4 members (excludes halogenated alkanes) is 6. The van der Waals surface area contributed by atoms with Gasteiger partial charge in [0, 0.05) is 17.6 Å². The number of carbonyl (C=O) groups is 2. The van der Waals surface area contributed by atoms with Gasteiger partial charge in [0.25, 0.3) is 0 Å². The van der Waals surface area contributed by atoms with Gasteiger partial charge in [-0.15, -0.1) is 11.6 Å².